The molecular weight excluding hydrogens is 246 g/mol. The molecule has 1 aliphatic heterocycles. The standard InChI is InChI=1S/C16H31NO.C2H6/c1-3-9-17-10-7-16(8-11-17)13-15(14-16)6-5-12-18-4-2;1-2/h15H,3-14H2,1-2H3;1-2H3. The Labute approximate surface area is 127 Å². The summed E-state index contributed by atoms with van der Waals surface area (Å²) in [5.41, 5.74) is 0.764. The molecule has 0 aromatic carbocycles. The minimum Gasteiger partial charge on any atom is -0.382 e. The number of hydrogen-bond acceptors (Lipinski definition) is 2. The Morgan fingerprint density at radius 2 is 1.75 bits per heavy atom. The summed E-state index contributed by atoms with van der Waals surface area (Å²) in [6, 6.07) is 0. The van der Waals surface area contributed by atoms with Gasteiger partial charge in [0.05, 0.1) is 0 Å². The van der Waals surface area contributed by atoms with Gasteiger partial charge in [0, 0.05) is 13.2 Å². The van der Waals surface area contributed by atoms with Crippen molar-refractivity contribution in [3.8, 4) is 0 Å². The fourth-order valence-corrected chi connectivity index (χ4v) is 3.96. The molecule has 0 amide bonds. The van der Waals surface area contributed by atoms with Crippen molar-refractivity contribution in [3.05, 3.63) is 0 Å². The van der Waals surface area contributed by atoms with Gasteiger partial charge >= 0.3 is 0 Å². The third-order valence-corrected chi connectivity index (χ3v) is 5.01. The van der Waals surface area contributed by atoms with Gasteiger partial charge in [-0.25, -0.2) is 0 Å². The highest BCUT2D eigenvalue weighted by molar-refractivity contribution is 4.96. The van der Waals surface area contributed by atoms with Crippen LogP contribution in [0.1, 0.15) is 72.6 Å². The molecule has 2 aliphatic rings. The third-order valence-electron chi connectivity index (χ3n) is 5.01. The minimum absolute atomic E-state index is 0.764. The molecule has 1 saturated heterocycles. The van der Waals surface area contributed by atoms with Crippen molar-refractivity contribution in [2.45, 2.75) is 72.6 Å². The maximum Gasteiger partial charge on any atom is 0.0465 e. The van der Waals surface area contributed by atoms with Crippen LogP contribution in [0.2, 0.25) is 0 Å². The summed E-state index contributed by atoms with van der Waals surface area (Å²) in [4.78, 5) is 2.66. The van der Waals surface area contributed by atoms with Gasteiger partial charge in [-0.05, 0) is 82.8 Å². The van der Waals surface area contributed by atoms with Gasteiger partial charge in [-0.1, -0.05) is 20.8 Å². The number of ether oxygens (including phenoxy) is 1. The lowest BCUT2D eigenvalue weighted by molar-refractivity contribution is -0.0191. The first-order chi connectivity index (χ1) is 9.78. The molecule has 1 saturated carbocycles. The lowest BCUT2D eigenvalue weighted by Gasteiger charge is -2.52. The van der Waals surface area contributed by atoms with Crippen molar-refractivity contribution in [2.24, 2.45) is 11.3 Å². The second-order valence-electron chi connectivity index (χ2n) is 6.46. The van der Waals surface area contributed by atoms with E-state index in [0.29, 0.717) is 0 Å². The van der Waals surface area contributed by atoms with Gasteiger partial charge in [-0.3, -0.25) is 0 Å². The molecule has 1 heterocycles. The van der Waals surface area contributed by atoms with Crippen LogP contribution in [0.25, 0.3) is 0 Å². The molecule has 1 spiro atoms. The summed E-state index contributed by atoms with van der Waals surface area (Å²) in [7, 11) is 0. The van der Waals surface area contributed by atoms with Crippen molar-refractivity contribution in [1.82, 2.24) is 4.90 Å². The monoisotopic (exact) mass is 283 g/mol. The summed E-state index contributed by atoms with van der Waals surface area (Å²) in [6.45, 7) is 14.3. The van der Waals surface area contributed by atoms with Gasteiger partial charge in [0.15, 0.2) is 0 Å². The first kappa shape index (κ1) is 18.0. The Kier molecular flexibility index (Phi) is 8.79. The number of rotatable bonds is 7. The van der Waals surface area contributed by atoms with E-state index in [-0.39, 0.29) is 0 Å². The lowest BCUT2D eigenvalue weighted by atomic mass is 9.56. The zero-order valence-electron chi connectivity index (χ0n) is 14.4. The highest BCUT2D eigenvalue weighted by atomic mass is 16.5. The molecule has 2 nitrogen and oxygen atoms in total. The second-order valence-corrected chi connectivity index (χ2v) is 6.46. The molecule has 1 aliphatic carbocycles. The number of hydrogen-bond donors (Lipinski definition) is 0. The Morgan fingerprint density at radius 3 is 2.30 bits per heavy atom. The molecule has 2 heteroatoms. The Hall–Kier alpha value is -0.0800. The van der Waals surface area contributed by atoms with Crippen molar-refractivity contribution >= 4 is 0 Å². The van der Waals surface area contributed by atoms with Gasteiger partial charge in [-0.2, -0.15) is 0 Å². The maximum absolute atomic E-state index is 5.42. The van der Waals surface area contributed by atoms with E-state index in [1.807, 2.05) is 13.8 Å². The molecule has 2 rings (SSSR count). The van der Waals surface area contributed by atoms with Crippen LogP contribution < -0.4 is 0 Å². The van der Waals surface area contributed by atoms with Crippen LogP contribution in [0.15, 0.2) is 0 Å². The van der Waals surface area contributed by atoms with Crippen LogP contribution in [0.4, 0.5) is 0 Å². The third kappa shape index (κ3) is 5.37. The Balaban J connectivity index is 0.000000956. The summed E-state index contributed by atoms with van der Waals surface area (Å²) in [5.74, 6) is 1.02. The first-order valence-electron chi connectivity index (χ1n) is 9.08. The molecule has 2 fully saturated rings. The van der Waals surface area contributed by atoms with Crippen molar-refractivity contribution in [2.75, 3.05) is 32.8 Å². The fourth-order valence-electron chi connectivity index (χ4n) is 3.96. The van der Waals surface area contributed by atoms with Crippen LogP contribution >= 0.6 is 0 Å². The molecule has 0 radical (unpaired) electrons. The normalized spacial score (nSPS) is 22.2. The fraction of sp³-hybridized carbons (Fsp3) is 1.00. The Morgan fingerprint density at radius 1 is 1.10 bits per heavy atom. The predicted molar refractivity (Wildman–Crippen MR) is 88.2 cm³/mol. The van der Waals surface area contributed by atoms with E-state index in [4.69, 9.17) is 4.74 Å². The highest BCUT2D eigenvalue weighted by Gasteiger charge is 2.44. The van der Waals surface area contributed by atoms with E-state index in [0.717, 1.165) is 24.5 Å². The van der Waals surface area contributed by atoms with Crippen molar-refractivity contribution in [1.29, 1.82) is 0 Å². The molecule has 0 aromatic rings. The quantitative estimate of drug-likeness (QED) is 0.626. The topological polar surface area (TPSA) is 12.5 Å². The van der Waals surface area contributed by atoms with Crippen LogP contribution in [-0.4, -0.2) is 37.7 Å². The average molecular weight is 284 g/mol. The zero-order valence-corrected chi connectivity index (χ0v) is 14.4. The molecule has 0 unspecified atom stereocenters. The van der Waals surface area contributed by atoms with E-state index >= 15 is 0 Å². The maximum atomic E-state index is 5.42. The summed E-state index contributed by atoms with van der Waals surface area (Å²) in [6.07, 6.45) is 9.95. The second kappa shape index (κ2) is 9.78. The van der Waals surface area contributed by atoms with E-state index in [1.165, 1.54) is 64.6 Å². The van der Waals surface area contributed by atoms with Crippen LogP contribution in [-0.2, 0) is 4.74 Å². The van der Waals surface area contributed by atoms with E-state index < -0.39 is 0 Å². The first-order valence-corrected chi connectivity index (χ1v) is 9.08. The molecule has 20 heavy (non-hydrogen) atoms. The van der Waals surface area contributed by atoms with Gasteiger partial charge in [0.1, 0.15) is 0 Å². The van der Waals surface area contributed by atoms with E-state index in [1.54, 1.807) is 0 Å². The predicted octanol–water partition coefficient (Wildman–Crippen LogP) is 4.73. The largest absolute Gasteiger partial charge is 0.382 e. The summed E-state index contributed by atoms with van der Waals surface area (Å²) in [5, 5.41) is 0. The van der Waals surface area contributed by atoms with Gasteiger partial charge < -0.3 is 9.64 Å². The highest BCUT2D eigenvalue weighted by Crippen LogP contribution is 2.53. The zero-order chi connectivity index (χ0) is 14.8. The summed E-state index contributed by atoms with van der Waals surface area (Å²) >= 11 is 0. The number of nitrogens with zero attached hydrogens (tertiary/aromatic N) is 1. The van der Waals surface area contributed by atoms with Crippen LogP contribution in [0, 0.1) is 11.3 Å². The SMILES string of the molecule is CC.CCCN1CCC2(CC1)CC(CCCOCC)C2. The molecule has 0 N–H and O–H groups in total. The minimum atomic E-state index is 0.764. The number of piperidine rings is 1. The van der Waals surface area contributed by atoms with Gasteiger partial charge in [0.25, 0.3) is 0 Å². The number of likely N-dealkylation sites (tertiary alicyclic amines) is 1. The molecular formula is C18H37NO. The average Bonchev–Trinajstić information content (AvgIpc) is 2.46. The van der Waals surface area contributed by atoms with Crippen molar-refractivity contribution in [3.63, 3.8) is 0 Å². The van der Waals surface area contributed by atoms with Crippen molar-refractivity contribution < 1.29 is 4.74 Å². The van der Waals surface area contributed by atoms with E-state index in [9.17, 15) is 0 Å². The van der Waals surface area contributed by atoms with Gasteiger partial charge in [0.2, 0.25) is 0 Å². The molecule has 120 valence electrons. The van der Waals surface area contributed by atoms with Gasteiger partial charge in [-0.15, -0.1) is 0 Å². The van der Waals surface area contributed by atoms with E-state index in [2.05, 4.69) is 18.7 Å². The van der Waals surface area contributed by atoms with Crippen LogP contribution in [0.5, 0.6) is 0 Å². The smallest absolute Gasteiger partial charge is 0.0465 e. The summed E-state index contributed by atoms with van der Waals surface area (Å²) < 4.78 is 5.42. The Bertz CT molecular complexity index is 226. The molecule has 0 aromatic heterocycles. The van der Waals surface area contributed by atoms with Crippen LogP contribution in [0.3, 0.4) is 0 Å². The molecule has 0 bridgehead atoms. The molecule has 0 atom stereocenters. The lowest BCUT2D eigenvalue weighted by Crippen LogP contribution is -2.47.